The van der Waals surface area contributed by atoms with E-state index < -0.39 is 41.7 Å². The SMILES string of the molecule is CCC1CCC(CCC(F)(F)Oc2cc(F)c(C=CC(F)(F)F)c(F)c2)CC1. The quantitative estimate of drug-likeness (QED) is 0.421. The summed E-state index contributed by atoms with van der Waals surface area (Å²) in [4.78, 5) is 0. The second kappa shape index (κ2) is 9.18. The van der Waals surface area contributed by atoms with Gasteiger partial charge in [-0.05, 0) is 24.3 Å². The van der Waals surface area contributed by atoms with Crippen molar-refractivity contribution in [3.8, 4) is 5.75 Å². The van der Waals surface area contributed by atoms with E-state index in [1.807, 2.05) is 0 Å². The molecule has 1 nitrogen and oxygen atoms in total. The molecule has 0 amide bonds. The molecule has 158 valence electrons. The summed E-state index contributed by atoms with van der Waals surface area (Å²) in [5, 5.41) is 0. The highest BCUT2D eigenvalue weighted by Crippen LogP contribution is 2.36. The summed E-state index contributed by atoms with van der Waals surface area (Å²) in [6.07, 6.45) is -4.01. The Balaban J connectivity index is 1.97. The number of benzene rings is 1. The second-order valence-corrected chi connectivity index (χ2v) is 7.25. The molecular formula is C20H23F7O. The third kappa shape index (κ3) is 7.02. The van der Waals surface area contributed by atoms with Crippen molar-refractivity contribution in [3.63, 3.8) is 0 Å². The Morgan fingerprint density at radius 2 is 1.50 bits per heavy atom. The number of hydrogen-bond donors (Lipinski definition) is 0. The number of rotatable bonds is 7. The van der Waals surface area contributed by atoms with E-state index in [1.165, 1.54) is 0 Å². The van der Waals surface area contributed by atoms with E-state index in [-0.39, 0.29) is 24.5 Å². The van der Waals surface area contributed by atoms with Crippen molar-refractivity contribution >= 4 is 6.08 Å². The summed E-state index contributed by atoms with van der Waals surface area (Å²) in [5.41, 5.74) is -0.972. The zero-order valence-corrected chi connectivity index (χ0v) is 15.5. The minimum atomic E-state index is -4.75. The minimum absolute atomic E-state index is 0.167. The number of ether oxygens (including phenoxy) is 1. The van der Waals surface area contributed by atoms with Gasteiger partial charge >= 0.3 is 12.3 Å². The molecule has 1 aromatic carbocycles. The van der Waals surface area contributed by atoms with Gasteiger partial charge in [-0.2, -0.15) is 22.0 Å². The minimum Gasteiger partial charge on any atom is -0.432 e. The normalized spacial score (nSPS) is 21.3. The highest BCUT2D eigenvalue weighted by molar-refractivity contribution is 5.53. The van der Waals surface area contributed by atoms with Crippen LogP contribution in [0.2, 0.25) is 0 Å². The highest BCUT2D eigenvalue weighted by Gasteiger charge is 2.34. The molecule has 0 radical (unpaired) electrons. The van der Waals surface area contributed by atoms with Crippen LogP contribution in [0.25, 0.3) is 6.08 Å². The second-order valence-electron chi connectivity index (χ2n) is 7.25. The van der Waals surface area contributed by atoms with E-state index in [4.69, 9.17) is 0 Å². The van der Waals surface area contributed by atoms with E-state index in [2.05, 4.69) is 11.7 Å². The molecule has 2 rings (SSSR count). The maximum atomic E-state index is 14.0. The lowest BCUT2D eigenvalue weighted by Gasteiger charge is -2.28. The maximum Gasteiger partial charge on any atom is 0.409 e. The first kappa shape index (κ1) is 22.6. The molecular weight excluding hydrogens is 389 g/mol. The van der Waals surface area contributed by atoms with E-state index in [0.29, 0.717) is 18.1 Å². The summed E-state index contributed by atoms with van der Waals surface area (Å²) in [6, 6.07) is 0.916. The van der Waals surface area contributed by atoms with Gasteiger partial charge < -0.3 is 4.74 Å². The third-order valence-corrected chi connectivity index (χ3v) is 5.15. The first-order chi connectivity index (χ1) is 13.0. The van der Waals surface area contributed by atoms with Gasteiger partial charge in [0.15, 0.2) is 0 Å². The van der Waals surface area contributed by atoms with Crippen molar-refractivity contribution in [3.05, 3.63) is 35.4 Å². The molecule has 0 bridgehead atoms. The largest absolute Gasteiger partial charge is 0.432 e. The van der Waals surface area contributed by atoms with Gasteiger partial charge in [0.2, 0.25) is 0 Å². The Kier molecular flexibility index (Phi) is 7.39. The smallest absolute Gasteiger partial charge is 0.409 e. The van der Waals surface area contributed by atoms with Crippen LogP contribution in [0.4, 0.5) is 30.7 Å². The van der Waals surface area contributed by atoms with Gasteiger partial charge in [0.05, 0.1) is 6.42 Å². The third-order valence-electron chi connectivity index (χ3n) is 5.15. The predicted molar refractivity (Wildman–Crippen MR) is 92.0 cm³/mol. The van der Waals surface area contributed by atoms with Gasteiger partial charge in [-0.1, -0.05) is 39.0 Å². The Morgan fingerprint density at radius 1 is 0.964 bits per heavy atom. The van der Waals surface area contributed by atoms with Crippen LogP contribution >= 0.6 is 0 Å². The number of halogens is 7. The summed E-state index contributed by atoms with van der Waals surface area (Å²) in [7, 11) is 0. The van der Waals surface area contributed by atoms with E-state index in [1.54, 1.807) is 0 Å². The fraction of sp³-hybridized carbons (Fsp3) is 0.600. The number of allylic oxidation sites excluding steroid dienone is 1. The summed E-state index contributed by atoms with van der Waals surface area (Å²) in [6.45, 7) is 2.11. The summed E-state index contributed by atoms with van der Waals surface area (Å²) in [5.74, 6) is -2.78. The first-order valence-electron chi connectivity index (χ1n) is 9.31. The van der Waals surface area contributed by atoms with Crippen LogP contribution in [-0.2, 0) is 0 Å². The number of hydrogen-bond acceptors (Lipinski definition) is 1. The average Bonchev–Trinajstić information content (AvgIpc) is 2.58. The monoisotopic (exact) mass is 412 g/mol. The van der Waals surface area contributed by atoms with Crippen molar-refractivity contribution in [2.24, 2.45) is 11.8 Å². The van der Waals surface area contributed by atoms with Crippen molar-refractivity contribution in [1.29, 1.82) is 0 Å². The van der Waals surface area contributed by atoms with E-state index in [0.717, 1.165) is 32.1 Å². The molecule has 0 spiro atoms. The Morgan fingerprint density at radius 3 is 2.00 bits per heavy atom. The van der Waals surface area contributed by atoms with Crippen molar-refractivity contribution in [2.75, 3.05) is 0 Å². The molecule has 1 saturated carbocycles. The summed E-state index contributed by atoms with van der Waals surface area (Å²) >= 11 is 0. The number of alkyl halides is 5. The lowest BCUT2D eigenvalue weighted by atomic mass is 9.79. The molecule has 1 aliphatic rings. The van der Waals surface area contributed by atoms with Crippen LogP contribution in [0.5, 0.6) is 5.75 Å². The maximum absolute atomic E-state index is 14.0. The average molecular weight is 412 g/mol. The topological polar surface area (TPSA) is 9.23 Å². The Labute approximate surface area is 159 Å². The standard InChI is InChI=1S/C20H23F7O/c1-2-13-3-5-14(6-4-13)7-10-20(26,27)28-15-11-17(21)16(18(22)12-15)8-9-19(23,24)25/h8-9,11-14H,2-7,10H2,1H3. The molecule has 0 N–H and O–H groups in total. The fourth-order valence-electron chi connectivity index (χ4n) is 3.48. The fourth-order valence-corrected chi connectivity index (χ4v) is 3.48. The van der Waals surface area contributed by atoms with Crippen molar-refractivity contribution in [1.82, 2.24) is 0 Å². The molecule has 0 saturated heterocycles. The zero-order chi connectivity index (χ0) is 20.9. The molecule has 0 atom stereocenters. The van der Waals surface area contributed by atoms with Crippen LogP contribution in [0.15, 0.2) is 18.2 Å². The molecule has 0 unspecified atom stereocenters. The Hall–Kier alpha value is -1.73. The predicted octanol–water partition coefficient (Wildman–Crippen LogP) is 7.51. The Bertz CT molecular complexity index is 651. The van der Waals surface area contributed by atoms with Gasteiger partial charge in [0, 0.05) is 23.8 Å². The summed E-state index contributed by atoms with van der Waals surface area (Å²) < 4.78 is 96.6. The molecule has 28 heavy (non-hydrogen) atoms. The van der Waals surface area contributed by atoms with Gasteiger partial charge in [0.1, 0.15) is 17.4 Å². The van der Waals surface area contributed by atoms with Crippen LogP contribution in [0.3, 0.4) is 0 Å². The van der Waals surface area contributed by atoms with Crippen molar-refractivity contribution < 1.29 is 35.5 Å². The highest BCUT2D eigenvalue weighted by atomic mass is 19.4. The van der Waals surface area contributed by atoms with Crippen molar-refractivity contribution in [2.45, 2.75) is 64.2 Å². The molecule has 8 heteroatoms. The van der Waals surface area contributed by atoms with Gasteiger partial charge in [-0.25, -0.2) is 8.78 Å². The van der Waals surface area contributed by atoms with Crippen LogP contribution in [0.1, 0.15) is 57.4 Å². The first-order valence-corrected chi connectivity index (χ1v) is 9.31. The van der Waals surface area contributed by atoms with Gasteiger partial charge in [0.25, 0.3) is 0 Å². The molecule has 0 heterocycles. The molecule has 1 fully saturated rings. The van der Waals surface area contributed by atoms with Gasteiger partial charge in [-0.15, -0.1) is 0 Å². The zero-order valence-electron chi connectivity index (χ0n) is 15.5. The van der Waals surface area contributed by atoms with E-state index >= 15 is 0 Å². The lowest BCUT2D eigenvalue weighted by molar-refractivity contribution is -0.183. The van der Waals surface area contributed by atoms with E-state index in [9.17, 15) is 30.7 Å². The molecule has 1 aliphatic carbocycles. The molecule has 0 aliphatic heterocycles. The van der Waals surface area contributed by atoms with Crippen LogP contribution < -0.4 is 4.74 Å². The van der Waals surface area contributed by atoms with Crippen LogP contribution in [-0.4, -0.2) is 12.3 Å². The molecule has 0 aromatic heterocycles. The molecule has 1 aromatic rings. The van der Waals surface area contributed by atoms with Crippen LogP contribution in [0, 0.1) is 23.5 Å². The lowest BCUT2D eigenvalue weighted by Crippen LogP contribution is -2.26. The van der Waals surface area contributed by atoms with Gasteiger partial charge in [-0.3, -0.25) is 0 Å².